The van der Waals surface area contributed by atoms with Crippen LogP contribution in [0.3, 0.4) is 0 Å². The van der Waals surface area contributed by atoms with E-state index in [2.05, 4.69) is 4.74 Å². The van der Waals surface area contributed by atoms with Crippen molar-refractivity contribution in [1.82, 2.24) is 0 Å². The molecule has 0 N–H and O–H groups in total. The Morgan fingerprint density at radius 3 is 2.55 bits per heavy atom. The second-order valence-corrected chi connectivity index (χ2v) is 1.70. The third kappa shape index (κ3) is 3.16. The summed E-state index contributed by atoms with van der Waals surface area (Å²) in [5.41, 5.74) is 0. The molecular formula is C6H9O4V+. The second-order valence-electron chi connectivity index (χ2n) is 1.70. The maximum Gasteiger partial charge on any atom is 2.00 e. The molecule has 1 heterocycles. The Balaban J connectivity index is 0.000001000. The van der Waals surface area contributed by atoms with Crippen LogP contribution in [0.1, 0.15) is 6.92 Å². The fraction of sp³-hybridized carbons (Fsp3) is 0.667. The van der Waals surface area contributed by atoms with E-state index in [0.29, 0.717) is 19.8 Å². The molecule has 1 radical (unpaired) electrons. The van der Waals surface area contributed by atoms with Crippen LogP contribution in [0.15, 0.2) is 0 Å². The second kappa shape index (κ2) is 5.49. The standard InChI is InChI=1S/C6H9O4.V/c1-2-8-5(7)6-9-3-4-10-6;/h2-4H2,1H3;/q-1;+2. The van der Waals surface area contributed by atoms with Crippen LogP contribution < -0.4 is 0 Å². The van der Waals surface area contributed by atoms with Gasteiger partial charge in [0.2, 0.25) is 5.97 Å². The fourth-order valence-corrected chi connectivity index (χ4v) is 0.618. The predicted octanol–water partition coefficient (Wildman–Crippen LogP) is 0.0833. The Hall–Kier alpha value is -0.156. The Morgan fingerprint density at radius 2 is 2.09 bits per heavy atom. The Bertz CT molecular complexity index is 122. The minimum Gasteiger partial charge on any atom is -0.492 e. The molecule has 0 atom stereocenters. The molecule has 1 aliphatic heterocycles. The molecule has 5 heteroatoms. The molecule has 1 saturated heterocycles. The van der Waals surface area contributed by atoms with E-state index in [1.165, 1.54) is 0 Å². The molecule has 1 aliphatic rings. The van der Waals surface area contributed by atoms with Crippen molar-refractivity contribution >= 4 is 5.97 Å². The van der Waals surface area contributed by atoms with Crippen molar-refractivity contribution in [2.75, 3.05) is 19.8 Å². The summed E-state index contributed by atoms with van der Waals surface area (Å²) in [4.78, 5) is 10.7. The first kappa shape index (κ1) is 10.8. The topological polar surface area (TPSA) is 44.8 Å². The van der Waals surface area contributed by atoms with Gasteiger partial charge in [-0.1, -0.05) is 0 Å². The largest absolute Gasteiger partial charge is 2.00 e. The van der Waals surface area contributed by atoms with Crippen molar-refractivity contribution in [3.05, 3.63) is 6.29 Å². The van der Waals surface area contributed by atoms with E-state index in [1.807, 2.05) is 0 Å². The Labute approximate surface area is 77.1 Å². The van der Waals surface area contributed by atoms with Crippen molar-refractivity contribution in [3.8, 4) is 0 Å². The van der Waals surface area contributed by atoms with Crippen LogP contribution in [0.25, 0.3) is 0 Å². The van der Waals surface area contributed by atoms with E-state index in [9.17, 15) is 4.79 Å². The molecule has 4 nitrogen and oxygen atoms in total. The van der Waals surface area contributed by atoms with Crippen molar-refractivity contribution in [3.63, 3.8) is 0 Å². The third-order valence-electron chi connectivity index (χ3n) is 0.992. The monoisotopic (exact) mass is 196 g/mol. The van der Waals surface area contributed by atoms with Crippen molar-refractivity contribution in [2.45, 2.75) is 6.92 Å². The van der Waals surface area contributed by atoms with E-state index in [4.69, 9.17) is 9.47 Å². The minimum atomic E-state index is -0.514. The molecule has 61 valence electrons. The smallest absolute Gasteiger partial charge is 0.492 e. The molecule has 0 aliphatic carbocycles. The Kier molecular flexibility index (Phi) is 5.41. The zero-order valence-corrected chi connectivity index (χ0v) is 7.60. The van der Waals surface area contributed by atoms with Crippen LogP contribution in [0.4, 0.5) is 0 Å². The van der Waals surface area contributed by atoms with Gasteiger partial charge in [-0.25, -0.2) is 0 Å². The fourth-order valence-electron chi connectivity index (χ4n) is 0.618. The van der Waals surface area contributed by atoms with Gasteiger partial charge in [-0.2, -0.15) is 0 Å². The van der Waals surface area contributed by atoms with Crippen molar-refractivity contribution in [2.24, 2.45) is 0 Å². The maximum atomic E-state index is 10.7. The quantitative estimate of drug-likeness (QED) is 0.463. The predicted molar refractivity (Wildman–Crippen MR) is 31.8 cm³/mol. The summed E-state index contributed by atoms with van der Waals surface area (Å²) < 4.78 is 14.2. The van der Waals surface area contributed by atoms with Gasteiger partial charge >= 0.3 is 18.6 Å². The van der Waals surface area contributed by atoms with Gasteiger partial charge < -0.3 is 14.2 Å². The number of ether oxygens (including phenoxy) is 3. The SMILES string of the molecule is CCOC(=O)[C-]1OCCO1.[V+2]. The summed E-state index contributed by atoms with van der Waals surface area (Å²) in [5.74, 6) is -0.514. The average molecular weight is 196 g/mol. The Morgan fingerprint density at radius 1 is 1.55 bits per heavy atom. The molecule has 0 amide bonds. The van der Waals surface area contributed by atoms with Gasteiger partial charge in [-0.3, -0.25) is 4.79 Å². The summed E-state index contributed by atoms with van der Waals surface area (Å²) >= 11 is 0. The summed E-state index contributed by atoms with van der Waals surface area (Å²) in [6.45, 7) is 2.95. The van der Waals surface area contributed by atoms with Gasteiger partial charge in [0.15, 0.2) is 0 Å². The van der Waals surface area contributed by atoms with Gasteiger partial charge in [0.05, 0.1) is 6.61 Å². The molecule has 0 saturated carbocycles. The number of esters is 1. The van der Waals surface area contributed by atoms with Gasteiger partial charge in [-0.15, -0.1) is 0 Å². The van der Waals surface area contributed by atoms with Crippen molar-refractivity contribution < 1.29 is 37.6 Å². The number of rotatable bonds is 2. The zero-order chi connectivity index (χ0) is 7.40. The number of hydrogen-bond acceptors (Lipinski definition) is 4. The maximum absolute atomic E-state index is 10.7. The molecular weight excluding hydrogens is 187 g/mol. The first-order chi connectivity index (χ1) is 4.84. The van der Waals surface area contributed by atoms with Gasteiger partial charge in [0.25, 0.3) is 0 Å². The molecule has 0 aromatic rings. The first-order valence-corrected chi connectivity index (χ1v) is 3.14. The van der Waals surface area contributed by atoms with Gasteiger partial charge in [0.1, 0.15) is 0 Å². The van der Waals surface area contributed by atoms with Crippen LogP contribution in [0.2, 0.25) is 0 Å². The molecule has 0 unspecified atom stereocenters. The number of hydrogen-bond donors (Lipinski definition) is 0. The van der Waals surface area contributed by atoms with E-state index in [0.717, 1.165) is 0 Å². The normalized spacial score (nSPS) is 15.9. The summed E-state index contributed by atoms with van der Waals surface area (Å²) in [7, 11) is 0. The van der Waals surface area contributed by atoms with Crippen LogP contribution in [0, 0.1) is 6.29 Å². The molecule has 11 heavy (non-hydrogen) atoms. The van der Waals surface area contributed by atoms with Crippen molar-refractivity contribution in [1.29, 1.82) is 0 Å². The van der Waals surface area contributed by atoms with Crippen LogP contribution in [-0.4, -0.2) is 25.8 Å². The van der Waals surface area contributed by atoms with Crippen LogP contribution in [-0.2, 0) is 37.6 Å². The van der Waals surface area contributed by atoms with Gasteiger partial charge in [0, 0.05) is 13.2 Å². The molecule has 1 fully saturated rings. The van der Waals surface area contributed by atoms with E-state index < -0.39 is 5.97 Å². The van der Waals surface area contributed by atoms with Gasteiger partial charge in [-0.05, 0) is 13.2 Å². The molecule has 0 aromatic carbocycles. The number of carbonyl (C=O) groups is 1. The van der Waals surface area contributed by atoms with E-state index in [-0.39, 0.29) is 24.8 Å². The summed E-state index contributed by atoms with van der Waals surface area (Å²) in [6, 6.07) is 0. The first-order valence-electron chi connectivity index (χ1n) is 3.14. The van der Waals surface area contributed by atoms with E-state index >= 15 is 0 Å². The van der Waals surface area contributed by atoms with Crippen LogP contribution >= 0.6 is 0 Å². The summed E-state index contributed by atoms with van der Waals surface area (Å²) in [5, 5.41) is 0. The van der Waals surface area contributed by atoms with E-state index in [1.54, 1.807) is 6.92 Å². The van der Waals surface area contributed by atoms with Crippen LogP contribution in [0.5, 0.6) is 0 Å². The molecule has 0 spiro atoms. The molecule has 0 bridgehead atoms. The minimum absolute atomic E-state index is 0. The average Bonchev–Trinajstić information content (AvgIpc) is 2.38. The molecule has 1 rings (SSSR count). The molecule has 0 aromatic heterocycles. The number of carbonyl (C=O) groups excluding carboxylic acids is 1. The summed E-state index contributed by atoms with van der Waals surface area (Å²) in [6.07, 6.45) is -0.0122. The third-order valence-corrected chi connectivity index (χ3v) is 0.992. The zero-order valence-electron chi connectivity index (χ0n) is 6.20.